The Morgan fingerprint density at radius 2 is 0.923 bits per heavy atom. The van der Waals surface area contributed by atoms with Crippen molar-refractivity contribution < 1.29 is 20.1 Å². The van der Waals surface area contributed by atoms with Crippen molar-refractivity contribution in [2.75, 3.05) is 6.79 Å². The van der Waals surface area contributed by atoms with Crippen molar-refractivity contribution in [3.05, 3.63) is 0 Å². The minimum absolute atomic E-state index is 0. The summed E-state index contributed by atoms with van der Waals surface area (Å²) >= 11 is 0. The molecule has 0 radical (unpaired) electrons. The third kappa shape index (κ3) is 79.2. The number of hydrogen-bond donors (Lipinski definition) is 4. The molecule has 0 aromatic heterocycles. The summed E-state index contributed by atoms with van der Waals surface area (Å²) in [4.78, 5) is 7.87. The van der Waals surface area contributed by atoms with Crippen LogP contribution in [0.3, 0.4) is 0 Å². The fraction of sp³-hybridized carbons (Fsp3) is 1.00. The summed E-state index contributed by atoms with van der Waals surface area (Å²) < 4.78 is 0. The van der Waals surface area contributed by atoms with Gasteiger partial charge in [0.15, 0.2) is 6.79 Å². The molecule has 0 saturated carbocycles. The van der Waals surface area contributed by atoms with Gasteiger partial charge < -0.3 is 0 Å². The lowest BCUT2D eigenvalue weighted by Crippen LogP contribution is -2.17. The van der Waals surface area contributed by atoms with E-state index in [0.29, 0.717) is 0 Å². The quantitative estimate of drug-likeness (QED) is 0.321. The van der Waals surface area contributed by atoms with Gasteiger partial charge in [0.25, 0.3) is 0 Å². The van der Waals surface area contributed by atoms with E-state index in [1.54, 1.807) is 0 Å². The van der Waals surface area contributed by atoms with Gasteiger partial charge in [-0.25, -0.2) is 9.68 Å². The van der Waals surface area contributed by atoms with Crippen LogP contribution in [0.2, 0.25) is 0 Å². The first kappa shape index (κ1) is 53.2. The standard InChI is InChI=1S/CH6N2O4.6CH4/c4-2-6-1-7-3-5;;;;;;/h2-5H,1H2;6*1H4. The van der Waals surface area contributed by atoms with Crippen LogP contribution in [-0.4, -0.2) is 17.2 Å². The molecule has 0 aromatic carbocycles. The van der Waals surface area contributed by atoms with E-state index in [1.165, 1.54) is 11.3 Å². The summed E-state index contributed by atoms with van der Waals surface area (Å²) in [7, 11) is 0. The number of hydrogen-bond acceptors (Lipinski definition) is 6. The van der Waals surface area contributed by atoms with Crippen molar-refractivity contribution in [2.24, 2.45) is 0 Å². The topological polar surface area (TPSA) is 83.0 Å². The Labute approximate surface area is 83.7 Å². The molecule has 0 unspecified atom stereocenters. The summed E-state index contributed by atoms with van der Waals surface area (Å²) in [6, 6.07) is 0. The first-order chi connectivity index (χ1) is 3.41. The maximum absolute atomic E-state index is 7.63. The van der Waals surface area contributed by atoms with Gasteiger partial charge in [-0.15, -0.1) is 0 Å². The zero-order chi connectivity index (χ0) is 5.54. The molecule has 0 atom stereocenters. The molecule has 0 amide bonds. The van der Waals surface area contributed by atoms with Crippen molar-refractivity contribution >= 4 is 0 Å². The average Bonchev–Trinajstić information content (AvgIpc) is 1.69. The lowest BCUT2D eigenvalue weighted by Gasteiger charge is -1.96. The Morgan fingerprint density at radius 3 is 1.08 bits per heavy atom. The van der Waals surface area contributed by atoms with Gasteiger partial charge >= 0.3 is 0 Å². The van der Waals surface area contributed by atoms with Crippen molar-refractivity contribution in [3.8, 4) is 0 Å². The molecule has 0 bridgehead atoms. The third-order valence-electron chi connectivity index (χ3n) is 0.247. The predicted molar refractivity (Wildman–Crippen MR) is 57.3 cm³/mol. The van der Waals surface area contributed by atoms with Gasteiger partial charge in [0, 0.05) is 0 Å². The maximum atomic E-state index is 7.63. The molecular weight excluding hydrogens is 176 g/mol. The molecule has 0 fully saturated rings. The molecule has 0 aliphatic carbocycles. The summed E-state index contributed by atoms with van der Waals surface area (Å²) in [6.07, 6.45) is 0. The van der Waals surface area contributed by atoms with Crippen molar-refractivity contribution in [1.29, 1.82) is 0 Å². The van der Waals surface area contributed by atoms with E-state index in [0.717, 1.165) is 0 Å². The zero-order valence-electron chi connectivity index (χ0n) is 3.42. The SMILES string of the molecule is C.C.C.C.C.C.ONOCONO. The van der Waals surface area contributed by atoms with E-state index in [-0.39, 0.29) is 51.4 Å². The van der Waals surface area contributed by atoms with Gasteiger partial charge in [0.1, 0.15) is 0 Å². The van der Waals surface area contributed by atoms with E-state index in [4.69, 9.17) is 10.4 Å². The average molecular weight is 206 g/mol. The van der Waals surface area contributed by atoms with Crippen LogP contribution in [0, 0.1) is 0 Å². The van der Waals surface area contributed by atoms with Crippen LogP contribution >= 0.6 is 0 Å². The van der Waals surface area contributed by atoms with E-state index in [1.807, 2.05) is 0 Å². The van der Waals surface area contributed by atoms with Gasteiger partial charge in [0.05, 0.1) is 0 Å². The summed E-state index contributed by atoms with van der Waals surface area (Å²) in [5, 5.41) is 15.3. The minimum Gasteiger partial charge on any atom is -0.292 e. The minimum atomic E-state index is -0.285. The lowest BCUT2D eigenvalue weighted by molar-refractivity contribution is -0.250. The van der Waals surface area contributed by atoms with Crippen molar-refractivity contribution in [3.63, 3.8) is 0 Å². The largest absolute Gasteiger partial charge is 0.292 e. The molecule has 0 heterocycles. The highest BCUT2D eigenvalue weighted by Gasteiger charge is 1.77. The maximum Gasteiger partial charge on any atom is 0.192 e. The van der Waals surface area contributed by atoms with Gasteiger partial charge in [0.2, 0.25) is 0 Å². The molecule has 13 heavy (non-hydrogen) atoms. The molecular formula is C7H30N2O4. The monoisotopic (exact) mass is 206 g/mol. The molecule has 0 aliphatic heterocycles. The van der Waals surface area contributed by atoms with Gasteiger partial charge in [-0.2, -0.15) is 0 Å². The third-order valence-corrected chi connectivity index (χ3v) is 0.247. The Balaban J connectivity index is -0.0000000120. The second-order valence-electron chi connectivity index (χ2n) is 0.589. The first-order valence-electron chi connectivity index (χ1n) is 1.43. The Kier molecular flexibility index (Phi) is 246. The molecule has 4 N–H and O–H groups in total. The smallest absolute Gasteiger partial charge is 0.192 e. The van der Waals surface area contributed by atoms with Gasteiger partial charge in [-0.1, -0.05) is 55.8 Å². The van der Waals surface area contributed by atoms with Crippen LogP contribution in [0.25, 0.3) is 0 Å². The van der Waals surface area contributed by atoms with E-state index in [9.17, 15) is 0 Å². The van der Waals surface area contributed by atoms with Crippen LogP contribution < -0.4 is 11.3 Å². The molecule has 0 aromatic rings. The molecule has 6 nitrogen and oxygen atoms in total. The molecule has 92 valence electrons. The second kappa shape index (κ2) is 60.1. The first-order valence-corrected chi connectivity index (χ1v) is 1.43. The Bertz CT molecular complexity index is 37.7. The summed E-state index contributed by atoms with van der Waals surface area (Å²) in [6.45, 7) is -0.285. The predicted octanol–water partition coefficient (Wildman–Crippen LogP) is 2.58. The van der Waals surface area contributed by atoms with Crippen LogP contribution in [-0.2, 0) is 9.68 Å². The van der Waals surface area contributed by atoms with Gasteiger partial charge in [-0.05, 0) is 0 Å². The highest BCUT2D eigenvalue weighted by molar-refractivity contribution is 3.79. The second-order valence-corrected chi connectivity index (χ2v) is 0.589. The van der Waals surface area contributed by atoms with Crippen LogP contribution in [0.5, 0.6) is 0 Å². The zero-order valence-corrected chi connectivity index (χ0v) is 3.42. The highest BCUT2D eigenvalue weighted by Crippen LogP contribution is 1.60. The molecule has 0 aliphatic rings. The van der Waals surface area contributed by atoms with Crippen molar-refractivity contribution in [1.82, 2.24) is 11.3 Å². The summed E-state index contributed by atoms with van der Waals surface area (Å²) in [5.74, 6) is 0. The normalized spacial score (nSPS) is 5.08. The van der Waals surface area contributed by atoms with E-state index < -0.39 is 0 Å². The molecule has 0 saturated heterocycles. The van der Waals surface area contributed by atoms with E-state index in [2.05, 4.69) is 9.68 Å². The van der Waals surface area contributed by atoms with E-state index >= 15 is 0 Å². The van der Waals surface area contributed by atoms with Crippen LogP contribution in [0.15, 0.2) is 0 Å². The number of nitrogens with one attached hydrogen (secondary N) is 2. The highest BCUT2D eigenvalue weighted by atomic mass is 16.9. The fourth-order valence-electron chi connectivity index (χ4n) is 0.0822. The Morgan fingerprint density at radius 1 is 0.692 bits per heavy atom. The fourth-order valence-corrected chi connectivity index (χ4v) is 0.0822. The van der Waals surface area contributed by atoms with Gasteiger partial charge in [-0.3, -0.25) is 10.4 Å². The molecule has 6 heteroatoms. The lowest BCUT2D eigenvalue weighted by atomic mass is 11.5. The number of rotatable bonds is 4. The van der Waals surface area contributed by atoms with Crippen molar-refractivity contribution in [2.45, 2.75) is 44.6 Å². The molecule has 0 spiro atoms. The molecule has 0 rings (SSSR count). The van der Waals surface area contributed by atoms with Crippen LogP contribution in [0.1, 0.15) is 44.6 Å². The van der Waals surface area contributed by atoms with Crippen LogP contribution in [0.4, 0.5) is 0 Å². The Hall–Kier alpha value is -0.240. The summed E-state index contributed by atoms with van der Waals surface area (Å²) in [5.41, 5.74) is 2.65.